The minimum absolute atomic E-state index is 0.0522. The highest BCUT2D eigenvalue weighted by Crippen LogP contribution is 2.36. The van der Waals surface area contributed by atoms with Crippen LogP contribution in [-0.2, 0) is 10.7 Å². The Hall–Kier alpha value is -3.24. The molecule has 214 valence electrons. The number of benzene rings is 2. The van der Waals surface area contributed by atoms with Gasteiger partial charge in [0.1, 0.15) is 5.82 Å². The van der Waals surface area contributed by atoms with Crippen LogP contribution in [0.5, 0.6) is 0 Å². The van der Waals surface area contributed by atoms with E-state index in [-0.39, 0.29) is 16.4 Å². The highest BCUT2D eigenvalue weighted by Gasteiger charge is 2.25. The molecule has 1 aliphatic heterocycles. The number of nitrogens with one attached hydrogen (secondary N) is 2. The molecule has 5 rings (SSSR count). The largest absolute Gasteiger partial charge is 0.352 e. The Kier molecular flexibility index (Phi) is 9.72. The number of carbonyl (C=O) groups excluding carboxylic acids is 1. The second kappa shape index (κ2) is 13.6. The number of piperidine rings is 1. The summed E-state index contributed by atoms with van der Waals surface area (Å²) in [5.74, 6) is 0.932. The number of likely N-dealkylation sites (tertiary alicyclic amines) is 1. The van der Waals surface area contributed by atoms with Gasteiger partial charge in [0, 0.05) is 36.0 Å². The summed E-state index contributed by atoms with van der Waals surface area (Å²) in [5.41, 5.74) is 3.89. The predicted octanol–water partition coefficient (Wildman–Crippen LogP) is 5.81. The molecule has 2 aromatic heterocycles. The number of aromatic nitrogens is 3. The molecule has 1 fully saturated rings. The maximum absolute atomic E-state index is 12.4. The standard InChI is InChI=1S/C30H31Cl2N5O3S/c31-24-8-7-22(19-25(24)32)28-27(20-9-14-33-15-10-20)35-29(36-28)21-11-17-37(18-12-21)16-4-3-13-34-30(38)23-5-1-2-6-26(23)41(39)40/h1-2,5-10,14-15,19,21,41H,3-4,11-13,16-18H2,(H,34,38)(H,35,36). The van der Waals surface area contributed by atoms with E-state index in [9.17, 15) is 13.2 Å². The number of hydrogen-bond donors (Lipinski definition) is 3. The number of amides is 1. The van der Waals surface area contributed by atoms with E-state index in [1.54, 1.807) is 30.6 Å². The van der Waals surface area contributed by atoms with Gasteiger partial charge < -0.3 is 15.2 Å². The second-order valence-electron chi connectivity index (χ2n) is 10.1. The molecule has 0 spiro atoms. The van der Waals surface area contributed by atoms with E-state index in [1.165, 1.54) is 12.1 Å². The number of pyridine rings is 1. The van der Waals surface area contributed by atoms with Crippen molar-refractivity contribution in [3.63, 3.8) is 0 Å². The van der Waals surface area contributed by atoms with Crippen LogP contribution in [-0.4, -0.2) is 60.4 Å². The first-order valence-corrected chi connectivity index (χ1v) is 15.5. The number of carbonyl (C=O) groups is 1. The van der Waals surface area contributed by atoms with Crippen molar-refractivity contribution in [2.24, 2.45) is 0 Å². The highest BCUT2D eigenvalue weighted by atomic mass is 35.5. The smallest absolute Gasteiger partial charge is 0.252 e. The first-order chi connectivity index (χ1) is 19.9. The van der Waals surface area contributed by atoms with Gasteiger partial charge in [0.15, 0.2) is 10.7 Å². The lowest BCUT2D eigenvalue weighted by Crippen LogP contribution is -2.34. The van der Waals surface area contributed by atoms with Crippen LogP contribution >= 0.6 is 23.2 Å². The maximum Gasteiger partial charge on any atom is 0.252 e. The van der Waals surface area contributed by atoms with E-state index in [0.29, 0.717) is 22.5 Å². The fourth-order valence-corrected chi connectivity index (χ4v) is 6.06. The summed E-state index contributed by atoms with van der Waals surface area (Å²) in [6, 6.07) is 15.8. The van der Waals surface area contributed by atoms with Crippen molar-refractivity contribution < 1.29 is 13.2 Å². The molecule has 0 saturated carbocycles. The van der Waals surface area contributed by atoms with Gasteiger partial charge in [0.2, 0.25) is 0 Å². The van der Waals surface area contributed by atoms with Crippen molar-refractivity contribution in [1.29, 1.82) is 0 Å². The normalized spacial score (nSPS) is 14.4. The number of thiol groups is 1. The van der Waals surface area contributed by atoms with Gasteiger partial charge in [0.25, 0.3) is 5.91 Å². The minimum Gasteiger partial charge on any atom is -0.352 e. The molecule has 41 heavy (non-hydrogen) atoms. The van der Waals surface area contributed by atoms with Crippen molar-refractivity contribution in [2.75, 3.05) is 26.2 Å². The molecule has 1 aliphatic rings. The van der Waals surface area contributed by atoms with Crippen LogP contribution in [0, 0.1) is 0 Å². The molecule has 3 heterocycles. The molecule has 0 atom stereocenters. The molecular formula is C30H31Cl2N5O3S. The first kappa shape index (κ1) is 29.3. The lowest BCUT2D eigenvalue weighted by Gasteiger charge is -2.31. The topological polar surface area (TPSA) is 108 Å². The van der Waals surface area contributed by atoms with Crippen molar-refractivity contribution in [3.05, 3.63) is 88.4 Å². The summed E-state index contributed by atoms with van der Waals surface area (Å²) in [6.45, 7) is 3.38. The Bertz CT molecular complexity index is 1580. The maximum atomic E-state index is 12.4. The average molecular weight is 613 g/mol. The number of unbranched alkanes of at least 4 members (excludes halogenated alkanes) is 1. The van der Waals surface area contributed by atoms with Crippen LogP contribution in [0.4, 0.5) is 0 Å². The van der Waals surface area contributed by atoms with Gasteiger partial charge >= 0.3 is 0 Å². The summed E-state index contributed by atoms with van der Waals surface area (Å²) in [5, 5.41) is 3.86. The van der Waals surface area contributed by atoms with E-state index < -0.39 is 10.7 Å². The first-order valence-electron chi connectivity index (χ1n) is 13.6. The van der Waals surface area contributed by atoms with Crippen molar-refractivity contribution in [2.45, 2.75) is 36.5 Å². The Morgan fingerprint density at radius 3 is 2.46 bits per heavy atom. The molecule has 0 bridgehead atoms. The Labute approximate surface area is 251 Å². The zero-order valence-electron chi connectivity index (χ0n) is 22.4. The predicted molar refractivity (Wildman–Crippen MR) is 162 cm³/mol. The van der Waals surface area contributed by atoms with E-state index >= 15 is 0 Å². The van der Waals surface area contributed by atoms with Crippen LogP contribution in [0.15, 0.2) is 71.9 Å². The molecule has 0 radical (unpaired) electrons. The van der Waals surface area contributed by atoms with Crippen LogP contribution < -0.4 is 5.32 Å². The van der Waals surface area contributed by atoms with Gasteiger partial charge in [-0.05, 0) is 81.7 Å². The summed E-state index contributed by atoms with van der Waals surface area (Å²) in [4.78, 5) is 27.7. The number of rotatable bonds is 10. The monoisotopic (exact) mass is 611 g/mol. The molecule has 0 aliphatic carbocycles. The van der Waals surface area contributed by atoms with Gasteiger partial charge in [-0.15, -0.1) is 0 Å². The van der Waals surface area contributed by atoms with Gasteiger partial charge in [-0.25, -0.2) is 13.4 Å². The lowest BCUT2D eigenvalue weighted by molar-refractivity contribution is 0.0949. The summed E-state index contributed by atoms with van der Waals surface area (Å²) >= 11 is 12.5. The third-order valence-electron chi connectivity index (χ3n) is 7.39. The second-order valence-corrected chi connectivity index (χ2v) is 11.9. The van der Waals surface area contributed by atoms with E-state index in [4.69, 9.17) is 28.2 Å². The van der Waals surface area contributed by atoms with Crippen LogP contribution in [0.25, 0.3) is 22.5 Å². The highest BCUT2D eigenvalue weighted by molar-refractivity contribution is 7.72. The van der Waals surface area contributed by atoms with Crippen LogP contribution in [0.1, 0.15) is 47.8 Å². The van der Waals surface area contributed by atoms with Crippen LogP contribution in [0.2, 0.25) is 10.0 Å². The third-order valence-corrected chi connectivity index (χ3v) is 8.91. The molecule has 2 aromatic carbocycles. The SMILES string of the molecule is O=C(NCCCCN1CCC(c2nc(-c3ccncc3)c(-c3ccc(Cl)c(Cl)c3)[nH]2)CC1)c1ccccc1[SH](=O)=O. The molecule has 2 N–H and O–H groups in total. The van der Waals surface area contributed by atoms with Crippen molar-refractivity contribution in [1.82, 2.24) is 25.2 Å². The fourth-order valence-electron chi connectivity index (χ4n) is 5.18. The third kappa shape index (κ3) is 7.16. The summed E-state index contributed by atoms with van der Waals surface area (Å²) in [7, 11) is -2.81. The van der Waals surface area contributed by atoms with Gasteiger partial charge in [-0.2, -0.15) is 0 Å². The van der Waals surface area contributed by atoms with Crippen molar-refractivity contribution >= 4 is 39.8 Å². The van der Waals surface area contributed by atoms with Gasteiger partial charge in [-0.3, -0.25) is 9.78 Å². The summed E-state index contributed by atoms with van der Waals surface area (Å²) < 4.78 is 22.8. The average Bonchev–Trinajstić information content (AvgIpc) is 3.44. The molecule has 0 unspecified atom stereocenters. The molecule has 8 nitrogen and oxygen atoms in total. The van der Waals surface area contributed by atoms with Gasteiger partial charge in [0.05, 0.1) is 31.9 Å². The van der Waals surface area contributed by atoms with Gasteiger partial charge in [-0.1, -0.05) is 41.4 Å². The van der Waals surface area contributed by atoms with Crippen LogP contribution in [0.3, 0.4) is 0 Å². The Morgan fingerprint density at radius 2 is 1.73 bits per heavy atom. The molecule has 1 amide bonds. The summed E-state index contributed by atoms with van der Waals surface area (Å²) in [6.07, 6.45) is 7.27. The number of aromatic amines is 1. The Morgan fingerprint density at radius 1 is 0.976 bits per heavy atom. The van der Waals surface area contributed by atoms with E-state index in [2.05, 4.69) is 20.2 Å². The number of imidazole rings is 1. The lowest BCUT2D eigenvalue weighted by atomic mass is 9.96. The molecule has 4 aromatic rings. The molecular weight excluding hydrogens is 581 g/mol. The van der Waals surface area contributed by atoms with Crippen molar-refractivity contribution in [3.8, 4) is 22.5 Å². The number of halogens is 2. The quantitative estimate of drug-likeness (QED) is 0.154. The number of hydrogen-bond acceptors (Lipinski definition) is 6. The zero-order chi connectivity index (χ0) is 28.8. The fraction of sp³-hybridized carbons (Fsp3) is 0.300. The minimum atomic E-state index is -2.81. The molecule has 1 saturated heterocycles. The number of nitrogens with zero attached hydrogens (tertiary/aromatic N) is 3. The zero-order valence-corrected chi connectivity index (χ0v) is 24.8. The van der Waals surface area contributed by atoms with E-state index in [1.807, 2.05) is 24.3 Å². The van der Waals surface area contributed by atoms with E-state index in [0.717, 1.165) is 73.7 Å². The molecule has 11 heteroatoms. The Balaban J connectivity index is 1.15. The number of H-pyrrole nitrogens is 1.